The van der Waals surface area contributed by atoms with E-state index in [2.05, 4.69) is 140 Å². The normalized spacial score (nSPS) is 14.3. The fraction of sp³-hybridized carbons (Fsp3) is 0.0923. The Kier molecular flexibility index (Phi) is 8.62. The number of aryl methyl sites for hydroxylation is 1. The van der Waals surface area contributed by atoms with Gasteiger partial charge in [0.05, 0.1) is 29.3 Å². The van der Waals surface area contributed by atoms with Crippen molar-refractivity contribution in [2.45, 2.75) is 33.0 Å². The molecule has 0 amide bonds. The van der Waals surface area contributed by atoms with Crippen LogP contribution in [0.3, 0.4) is 0 Å². The summed E-state index contributed by atoms with van der Waals surface area (Å²) in [7, 11) is 0. The van der Waals surface area contributed by atoms with E-state index in [4.69, 9.17) is 20.7 Å². The Morgan fingerprint density at radius 1 is 0.500 bits per heavy atom. The summed E-state index contributed by atoms with van der Waals surface area (Å²) in [5.74, 6) is 1.40. The van der Waals surface area contributed by atoms with Crippen molar-refractivity contribution in [1.82, 2.24) is 9.55 Å². The molecule has 338 valence electrons. The Morgan fingerprint density at radius 2 is 1.17 bits per heavy atom. The molecule has 0 saturated carbocycles. The Morgan fingerprint density at radius 3 is 1.89 bits per heavy atom. The number of fused-ring (bicyclic) bond motifs is 4. The zero-order chi connectivity index (χ0) is 54.2. The summed E-state index contributed by atoms with van der Waals surface area (Å²) in [6.07, 6.45) is 1.30. The second kappa shape index (κ2) is 17.4. The van der Waals surface area contributed by atoms with Gasteiger partial charge in [0.1, 0.15) is 24.0 Å². The van der Waals surface area contributed by atoms with Gasteiger partial charge in [-0.25, -0.2) is 4.98 Å². The summed E-state index contributed by atoms with van der Waals surface area (Å²) >= 11 is 0. The molecule has 0 fully saturated rings. The zero-order valence-electron chi connectivity index (χ0n) is 47.0. The minimum absolute atomic E-state index is 0.0671. The molecule has 11 aromatic rings. The average molecular weight is 913 g/mol. The van der Waals surface area contributed by atoms with Crippen molar-refractivity contribution in [1.29, 1.82) is 0 Å². The van der Waals surface area contributed by atoms with Crippen LogP contribution in [0.25, 0.3) is 72.1 Å². The second-order valence-electron chi connectivity index (χ2n) is 18.8. The molecule has 12 rings (SSSR count). The third kappa shape index (κ3) is 7.95. The number of benzene rings is 9. The van der Waals surface area contributed by atoms with E-state index >= 15 is 0 Å². The van der Waals surface area contributed by atoms with Gasteiger partial charge in [-0.2, -0.15) is 0 Å². The average Bonchev–Trinajstić information content (AvgIpc) is 4.21. The summed E-state index contributed by atoms with van der Waals surface area (Å²) in [5, 5.41) is 1.76. The Labute approximate surface area is 421 Å². The minimum atomic E-state index is -2.76. The van der Waals surface area contributed by atoms with Gasteiger partial charge in [-0.05, 0) is 129 Å². The molecule has 0 unspecified atom stereocenters. The molecular weight excluding hydrogens is 853 g/mol. The number of nitrogens with zero attached hydrogens (tertiary/aromatic N) is 4. The largest absolute Gasteiger partial charge is 0.457 e. The van der Waals surface area contributed by atoms with Crippen LogP contribution in [0.2, 0.25) is 0 Å². The van der Waals surface area contributed by atoms with Crippen LogP contribution in [0.15, 0.2) is 231 Å². The molecule has 0 spiro atoms. The van der Waals surface area contributed by atoms with Crippen molar-refractivity contribution in [3.8, 4) is 61.8 Å². The van der Waals surface area contributed by atoms with Gasteiger partial charge in [0, 0.05) is 50.2 Å². The van der Waals surface area contributed by atoms with E-state index in [1.807, 2.05) is 83.4 Å². The van der Waals surface area contributed by atoms with Crippen LogP contribution in [0, 0.1) is 6.85 Å². The number of aromatic nitrogens is 2. The maximum absolute atomic E-state index is 8.72. The Balaban J connectivity index is 0.962. The highest BCUT2D eigenvalue weighted by Gasteiger charge is 2.30. The van der Waals surface area contributed by atoms with Crippen molar-refractivity contribution < 1.29 is 15.7 Å². The Bertz CT molecular complexity index is 4110. The molecule has 5 nitrogen and oxygen atoms in total. The first-order chi connectivity index (χ1) is 37.5. The van der Waals surface area contributed by atoms with E-state index < -0.39 is 37.1 Å². The topological polar surface area (TPSA) is 33.5 Å². The van der Waals surface area contributed by atoms with E-state index in [-0.39, 0.29) is 27.9 Å². The van der Waals surface area contributed by atoms with E-state index in [9.17, 15) is 0 Å². The van der Waals surface area contributed by atoms with Crippen LogP contribution in [-0.2, 0) is 5.41 Å². The van der Waals surface area contributed by atoms with E-state index in [1.54, 1.807) is 0 Å². The predicted octanol–water partition coefficient (Wildman–Crippen LogP) is 17.5. The molecule has 2 aromatic heterocycles. The monoisotopic (exact) mass is 912 g/mol. The van der Waals surface area contributed by atoms with Crippen LogP contribution >= 0.6 is 0 Å². The third-order valence-corrected chi connectivity index (χ3v) is 13.2. The highest BCUT2D eigenvalue weighted by atomic mass is 16.5. The number of pyridine rings is 1. The quantitative estimate of drug-likeness (QED) is 0.144. The standard InChI is InChI=1S/C65H52N4O/c1-44-34-64(66-42-59(44)48-24-15-8-16-25-48)69-60-32-28-49(45-18-9-5-10-19-45)37-58(60)57-31-30-56(41-62(57)69)70-55-27-17-26-53(40-55)67-43-68(63-38-50(29-33-61(63)67)46-20-11-6-12-21-46)54-36-51(47-22-13-7-14-23-47)35-52(39-54)65(2,3)4/h5-42H,43H2,1-4H3/i1D3,8D,15D,16D,24D,25D. The van der Waals surface area contributed by atoms with Crippen LogP contribution in [0.1, 0.15) is 42.9 Å². The molecule has 0 N–H and O–H groups in total. The van der Waals surface area contributed by atoms with Gasteiger partial charge in [0.15, 0.2) is 0 Å². The highest BCUT2D eigenvalue weighted by molar-refractivity contribution is 6.11. The third-order valence-electron chi connectivity index (χ3n) is 13.2. The lowest BCUT2D eigenvalue weighted by Gasteiger charge is -2.26. The van der Waals surface area contributed by atoms with Gasteiger partial charge in [0.25, 0.3) is 0 Å². The van der Waals surface area contributed by atoms with Gasteiger partial charge >= 0.3 is 0 Å². The predicted molar refractivity (Wildman–Crippen MR) is 292 cm³/mol. The van der Waals surface area contributed by atoms with Gasteiger partial charge in [-0.3, -0.25) is 4.57 Å². The van der Waals surface area contributed by atoms with Gasteiger partial charge in [-0.15, -0.1) is 0 Å². The van der Waals surface area contributed by atoms with Crippen molar-refractivity contribution in [3.05, 3.63) is 242 Å². The van der Waals surface area contributed by atoms with Crippen molar-refractivity contribution in [3.63, 3.8) is 0 Å². The smallest absolute Gasteiger partial charge is 0.137 e. The van der Waals surface area contributed by atoms with Crippen LogP contribution in [-0.4, -0.2) is 16.2 Å². The lowest BCUT2D eigenvalue weighted by Crippen LogP contribution is -2.24. The van der Waals surface area contributed by atoms with E-state index in [1.165, 1.54) is 17.8 Å². The summed E-state index contributed by atoms with van der Waals surface area (Å²) in [6, 6.07) is 63.4. The molecule has 70 heavy (non-hydrogen) atoms. The summed E-state index contributed by atoms with van der Waals surface area (Å²) in [5.41, 5.74) is 12.8. The summed E-state index contributed by atoms with van der Waals surface area (Å²) in [6.45, 7) is 4.54. The van der Waals surface area contributed by atoms with Crippen LogP contribution < -0.4 is 14.5 Å². The lowest BCUT2D eigenvalue weighted by atomic mass is 9.85. The number of anilines is 4. The van der Waals surface area contributed by atoms with Crippen LogP contribution in [0.4, 0.5) is 22.7 Å². The first-order valence-electron chi connectivity index (χ1n) is 27.5. The summed E-state index contributed by atoms with van der Waals surface area (Å²) in [4.78, 5) is 9.53. The van der Waals surface area contributed by atoms with Gasteiger partial charge in [0.2, 0.25) is 0 Å². The van der Waals surface area contributed by atoms with Gasteiger partial charge < -0.3 is 14.5 Å². The minimum Gasteiger partial charge on any atom is -0.457 e. The molecule has 3 heterocycles. The van der Waals surface area contributed by atoms with Crippen molar-refractivity contribution in [2.24, 2.45) is 0 Å². The fourth-order valence-electron chi connectivity index (χ4n) is 9.63. The van der Waals surface area contributed by atoms with Crippen LogP contribution in [0.5, 0.6) is 11.5 Å². The van der Waals surface area contributed by atoms with Gasteiger partial charge in [-0.1, -0.05) is 166 Å². The first-order valence-corrected chi connectivity index (χ1v) is 23.5. The molecule has 0 saturated heterocycles. The number of hydrogen-bond acceptors (Lipinski definition) is 4. The van der Waals surface area contributed by atoms with E-state index in [0.717, 1.165) is 72.4 Å². The SMILES string of the molecule is [2H]c1c([2H])c([2H])c(-c2cnc(-n3c4ccc(-c5ccccc5)cc4c4ccc(Oc5cccc(N6CN(c7cc(-c8ccccc8)cc(C(C)(C)C)c7)c7cc(-c8ccccc8)ccc76)c5)cc43)cc2C([2H])([2H])[2H])c([2H])c1[2H]. The van der Waals surface area contributed by atoms with Crippen molar-refractivity contribution in [2.75, 3.05) is 16.5 Å². The molecule has 9 aromatic carbocycles. The molecule has 0 aliphatic carbocycles. The lowest BCUT2D eigenvalue weighted by molar-refractivity contribution is 0.483. The molecule has 0 atom stereocenters. The fourth-order valence-corrected chi connectivity index (χ4v) is 9.63. The number of ether oxygens (including phenoxy) is 1. The van der Waals surface area contributed by atoms with E-state index in [0.29, 0.717) is 23.7 Å². The molecular formula is C65H52N4O. The molecule has 0 bridgehead atoms. The Hall–Kier alpha value is -8.67. The number of rotatable bonds is 9. The molecule has 1 aliphatic heterocycles. The maximum Gasteiger partial charge on any atom is 0.137 e. The molecule has 0 radical (unpaired) electrons. The molecule has 5 heteroatoms. The first kappa shape index (κ1) is 34.6. The zero-order valence-corrected chi connectivity index (χ0v) is 39.0. The molecule has 1 aliphatic rings. The number of hydrogen-bond donors (Lipinski definition) is 0. The maximum atomic E-state index is 8.72. The van der Waals surface area contributed by atoms with Crippen molar-refractivity contribution >= 4 is 44.6 Å². The highest BCUT2D eigenvalue weighted by Crippen LogP contribution is 2.48. The second-order valence-corrected chi connectivity index (χ2v) is 18.8. The summed E-state index contributed by atoms with van der Waals surface area (Å²) < 4.78 is 77.1.